The Labute approximate surface area is 93.8 Å². The van der Waals surface area contributed by atoms with Crippen LogP contribution in [0.3, 0.4) is 0 Å². The third-order valence-electron chi connectivity index (χ3n) is 2.11. The number of β-amino-alcohol motifs (C(OH)–C–C–N with tert-alkyl or cyclic N) is 1. The molecule has 0 radical (unpaired) electrons. The second-order valence-electron chi connectivity index (χ2n) is 3.15. The van der Waals surface area contributed by atoms with Crippen molar-refractivity contribution in [1.82, 2.24) is 0 Å². The minimum Gasteiger partial charge on any atom is -0.389 e. The second kappa shape index (κ2) is 3.59. The summed E-state index contributed by atoms with van der Waals surface area (Å²) < 4.78 is 2.12. The summed E-state index contributed by atoms with van der Waals surface area (Å²) in [6, 6.07) is 6.06. The number of aliphatic hydroxyl groups excluding tert-OH is 1. The fourth-order valence-corrected chi connectivity index (χ4v) is 2.69. The van der Waals surface area contributed by atoms with Crippen molar-refractivity contribution in [3.8, 4) is 0 Å². The molecule has 1 aromatic rings. The van der Waals surface area contributed by atoms with Crippen LogP contribution in [0.15, 0.2) is 27.1 Å². The first-order chi connectivity index (χ1) is 6.16. The summed E-state index contributed by atoms with van der Waals surface area (Å²) in [5.41, 5.74) is 1.15. The Hall–Kier alpha value is -0.0600. The first-order valence-corrected chi connectivity index (χ1v) is 5.63. The van der Waals surface area contributed by atoms with E-state index in [-0.39, 0.29) is 6.10 Å². The Kier molecular flexibility index (Phi) is 2.62. The number of benzene rings is 1. The van der Waals surface area contributed by atoms with Gasteiger partial charge in [0.15, 0.2) is 0 Å². The molecule has 1 fully saturated rings. The molecule has 1 N–H and O–H groups in total. The highest BCUT2D eigenvalue weighted by Crippen LogP contribution is 2.31. The predicted octanol–water partition coefficient (Wildman–Crippen LogP) is 2.39. The molecule has 0 aliphatic carbocycles. The van der Waals surface area contributed by atoms with E-state index in [1.165, 1.54) is 0 Å². The normalized spacial score (nSPS) is 17.3. The van der Waals surface area contributed by atoms with Crippen LogP contribution >= 0.6 is 31.9 Å². The number of hydrogen-bond donors (Lipinski definition) is 1. The quantitative estimate of drug-likeness (QED) is 0.861. The lowest BCUT2D eigenvalue weighted by Gasteiger charge is -2.38. The van der Waals surface area contributed by atoms with Gasteiger partial charge in [-0.3, -0.25) is 0 Å². The molecule has 0 aromatic heterocycles. The van der Waals surface area contributed by atoms with E-state index < -0.39 is 0 Å². The summed E-state index contributed by atoms with van der Waals surface area (Å²) >= 11 is 6.89. The number of anilines is 1. The molecule has 0 bridgehead atoms. The maximum Gasteiger partial charge on any atom is 0.0889 e. The van der Waals surface area contributed by atoms with E-state index in [0.717, 1.165) is 27.7 Å². The van der Waals surface area contributed by atoms with Crippen LogP contribution in [-0.2, 0) is 0 Å². The molecule has 2 rings (SSSR count). The zero-order valence-corrected chi connectivity index (χ0v) is 10.0. The number of hydrogen-bond acceptors (Lipinski definition) is 2. The number of halogens is 2. The van der Waals surface area contributed by atoms with Crippen LogP contribution in [-0.4, -0.2) is 24.3 Å². The SMILES string of the molecule is OC1CN(c2ccc(Br)cc2Br)C1. The maximum absolute atomic E-state index is 9.16. The van der Waals surface area contributed by atoms with Crippen LogP contribution in [0.2, 0.25) is 0 Å². The molecule has 1 aromatic carbocycles. The lowest BCUT2D eigenvalue weighted by molar-refractivity contribution is 0.142. The van der Waals surface area contributed by atoms with Crippen LogP contribution in [0.5, 0.6) is 0 Å². The molecule has 1 aliphatic rings. The molecule has 0 spiro atoms. The minimum absolute atomic E-state index is 0.157. The van der Waals surface area contributed by atoms with Gasteiger partial charge in [-0.15, -0.1) is 0 Å². The average molecular weight is 307 g/mol. The van der Waals surface area contributed by atoms with Gasteiger partial charge in [0.2, 0.25) is 0 Å². The zero-order valence-electron chi connectivity index (χ0n) is 6.87. The van der Waals surface area contributed by atoms with Crippen LogP contribution in [0.1, 0.15) is 0 Å². The number of nitrogens with zero attached hydrogens (tertiary/aromatic N) is 1. The molecule has 70 valence electrons. The van der Waals surface area contributed by atoms with Gasteiger partial charge in [-0.25, -0.2) is 0 Å². The molecule has 1 heterocycles. The monoisotopic (exact) mass is 305 g/mol. The highest BCUT2D eigenvalue weighted by Gasteiger charge is 2.25. The van der Waals surface area contributed by atoms with Crippen molar-refractivity contribution in [2.75, 3.05) is 18.0 Å². The first kappa shape index (κ1) is 9.49. The summed E-state index contributed by atoms with van der Waals surface area (Å²) in [7, 11) is 0. The van der Waals surface area contributed by atoms with Crippen molar-refractivity contribution in [3.05, 3.63) is 27.1 Å². The van der Waals surface area contributed by atoms with Gasteiger partial charge in [0.05, 0.1) is 11.8 Å². The van der Waals surface area contributed by atoms with Crippen molar-refractivity contribution in [3.63, 3.8) is 0 Å². The van der Waals surface area contributed by atoms with Gasteiger partial charge in [-0.1, -0.05) is 15.9 Å². The Bertz CT molecular complexity index is 323. The van der Waals surface area contributed by atoms with E-state index in [0.29, 0.717) is 0 Å². The second-order valence-corrected chi connectivity index (χ2v) is 4.92. The van der Waals surface area contributed by atoms with Crippen molar-refractivity contribution >= 4 is 37.5 Å². The third kappa shape index (κ3) is 1.90. The van der Waals surface area contributed by atoms with Gasteiger partial charge in [0.1, 0.15) is 0 Å². The third-order valence-corrected chi connectivity index (χ3v) is 3.24. The highest BCUT2D eigenvalue weighted by atomic mass is 79.9. The van der Waals surface area contributed by atoms with Gasteiger partial charge >= 0.3 is 0 Å². The smallest absolute Gasteiger partial charge is 0.0889 e. The standard InChI is InChI=1S/C9H9Br2NO/c10-6-1-2-9(8(11)3-6)12-4-7(13)5-12/h1-3,7,13H,4-5H2. The van der Waals surface area contributed by atoms with E-state index in [4.69, 9.17) is 5.11 Å². The van der Waals surface area contributed by atoms with Crippen LogP contribution in [0, 0.1) is 0 Å². The fraction of sp³-hybridized carbons (Fsp3) is 0.333. The lowest BCUT2D eigenvalue weighted by Crippen LogP contribution is -2.50. The summed E-state index contributed by atoms with van der Waals surface area (Å²) in [6.45, 7) is 1.47. The summed E-state index contributed by atoms with van der Waals surface area (Å²) in [5.74, 6) is 0. The van der Waals surface area contributed by atoms with Gasteiger partial charge in [0.25, 0.3) is 0 Å². The van der Waals surface area contributed by atoms with Gasteiger partial charge < -0.3 is 10.0 Å². The summed E-state index contributed by atoms with van der Waals surface area (Å²) in [5, 5.41) is 9.16. The van der Waals surface area contributed by atoms with Crippen molar-refractivity contribution < 1.29 is 5.11 Å². The van der Waals surface area contributed by atoms with E-state index in [1.807, 2.05) is 18.2 Å². The number of aliphatic hydroxyl groups is 1. The molecular weight excluding hydrogens is 298 g/mol. The van der Waals surface area contributed by atoms with E-state index in [1.54, 1.807) is 0 Å². The Morgan fingerprint density at radius 2 is 2.00 bits per heavy atom. The molecule has 0 unspecified atom stereocenters. The Morgan fingerprint density at radius 3 is 2.54 bits per heavy atom. The summed E-state index contributed by atoms with van der Waals surface area (Å²) in [4.78, 5) is 2.14. The number of rotatable bonds is 1. The van der Waals surface area contributed by atoms with Gasteiger partial charge in [-0.05, 0) is 34.1 Å². The molecule has 0 amide bonds. The van der Waals surface area contributed by atoms with Gasteiger partial charge in [-0.2, -0.15) is 0 Å². The van der Waals surface area contributed by atoms with Crippen LogP contribution in [0.25, 0.3) is 0 Å². The minimum atomic E-state index is -0.157. The molecule has 2 nitrogen and oxygen atoms in total. The fourth-order valence-electron chi connectivity index (χ4n) is 1.39. The van der Waals surface area contributed by atoms with Crippen molar-refractivity contribution in [2.24, 2.45) is 0 Å². The molecule has 0 atom stereocenters. The first-order valence-electron chi connectivity index (χ1n) is 4.05. The predicted molar refractivity (Wildman–Crippen MR) is 60.1 cm³/mol. The molecular formula is C9H9Br2NO. The molecule has 1 aliphatic heterocycles. The molecule has 1 saturated heterocycles. The Balaban J connectivity index is 2.21. The van der Waals surface area contributed by atoms with Crippen molar-refractivity contribution in [1.29, 1.82) is 0 Å². The van der Waals surface area contributed by atoms with Crippen LogP contribution in [0.4, 0.5) is 5.69 Å². The summed E-state index contributed by atoms with van der Waals surface area (Å²) in [6.07, 6.45) is -0.157. The van der Waals surface area contributed by atoms with Crippen LogP contribution < -0.4 is 4.90 Å². The van der Waals surface area contributed by atoms with E-state index >= 15 is 0 Å². The van der Waals surface area contributed by atoms with E-state index in [2.05, 4.69) is 36.8 Å². The topological polar surface area (TPSA) is 23.5 Å². The average Bonchev–Trinajstić information content (AvgIpc) is 2.00. The Morgan fingerprint density at radius 1 is 1.31 bits per heavy atom. The molecule has 0 saturated carbocycles. The zero-order chi connectivity index (χ0) is 9.42. The molecule has 13 heavy (non-hydrogen) atoms. The van der Waals surface area contributed by atoms with E-state index in [9.17, 15) is 0 Å². The van der Waals surface area contributed by atoms with Gasteiger partial charge in [0, 0.05) is 22.0 Å². The maximum atomic E-state index is 9.16. The molecule has 4 heteroatoms. The largest absolute Gasteiger partial charge is 0.389 e. The van der Waals surface area contributed by atoms with Crippen molar-refractivity contribution in [2.45, 2.75) is 6.10 Å². The highest BCUT2D eigenvalue weighted by molar-refractivity contribution is 9.11. The lowest BCUT2D eigenvalue weighted by atomic mass is 10.1.